The molecule has 0 fully saturated rings. The monoisotopic (exact) mass is 277 g/mol. The number of benzene rings is 1. The zero-order valence-corrected chi connectivity index (χ0v) is 10.1. The summed E-state index contributed by atoms with van der Waals surface area (Å²) in [5.41, 5.74) is -1.16. The highest BCUT2D eigenvalue weighted by molar-refractivity contribution is 7.91. The topological polar surface area (TPSA) is 57.9 Å². The Labute approximate surface area is 103 Å². The van der Waals surface area contributed by atoms with Crippen LogP contribution in [-0.4, -0.2) is 14.2 Å². The van der Waals surface area contributed by atoms with Gasteiger partial charge in [-0.05, 0) is 18.6 Å². The van der Waals surface area contributed by atoms with E-state index in [2.05, 4.69) is 0 Å². The highest BCUT2D eigenvalue weighted by atomic mass is 32.2. The van der Waals surface area contributed by atoms with E-state index in [1.165, 1.54) is 6.07 Å². The summed E-state index contributed by atoms with van der Waals surface area (Å²) in [5.74, 6) is -0.465. The molecule has 0 radical (unpaired) electrons. The second-order valence-electron chi connectivity index (χ2n) is 3.57. The average molecular weight is 277 g/mol. The number of hydrogen-bond donors (Lipinski definition) is 0. The summed E-state index contributed by atoms with van der Waals surface area (Å²) in [4.78, 5) is -0.726. The van der Waals surface area contributed by atoms with Gasteiger partial charge in [-0.1, -0.05) is 12.1 Å². The molecule has 0 heterocycles. The van der Waals surface area contributed by atoms with E-state index in [1.54, 1.807) is 6.07 Å². The Hall–Kier alpha value is -1.55. The van der Waals surface area contributed by atoms with Gasteiger partial charge in [0.1, 0.15) is 0 Å². The molecule has 0 spiro atoms. The number of unbranched alkanes of at least 4 members (excludes halogenated alkanes) is 1. The van der Waals surface area contributed by atoms with Crippen molar-refractivity contribution in [3.8, 4) is 6.07 Å². The van der Waals surface area contributed by atoms with Gasteiger partial charge in [0.05, 0.1) is 22.3 Å². The first-order valence-electron chi connectivity index (χ1n) is 5.05. The number of hydrogen-bond acceptors (Lipinski definition) is 3. The van der Waals surface area contributed by atoms with E-state index in [0.717, 1.165) is 18.2 Å². The average Bonchev–Trinajstić information content (AvgIpc) is 2.28. The lowest BCUT2D eigenvalue weighted by Crippen LogP contribution is -2.15. The minimum Gasteiger partial charge on any atom is -0.224 e. The molecule has 0 bridgehead atoms. The summed E-state index contributed by atoms with van der Waals surface area (Å²) in [6, 6.07) is 5.80. The van der Waals surface area contributed by atoms with E-state index in [4.69, 9.17) is 5.26 Å². The van der Waals surface area contributed by atoms with Crippen molar-refractivity contribution < 1.29 is 21.6 Å². The Bertz CT molecular complexity index is 558. The lowest BCUT2D eigenvalue weighted by molar-refractivity contribution is -0.139. The second-order valence-corrected chi connectivity index (χ2v) is 5.65. The van der Waals surface area contributed by atoms with Gasteiger partial charge < -0.3 is 0 Å². The molecule has 0 atom stereocenters. The smallest absolute Gasteiger partial charge is 0.224 e. The maximum atomic E-state index is 12.7. The van der Waals surface area contributed by atoms with Crippen LogP contribution in [0.15, 0.2) is 29.2 Å². The molecule has 1 aromatic rings. The zero-order chi connectivity index (χ0) is 13.8. The van der Waals surface area contributed by atoms with Crippen LogP contribution in [0.1, 0.15) is 18.4 Å². The number of sulfone groups is 1. The number of nitrogens with zero attached hydrogens (tertiary/aromatic N) is 1. The summed E-state index contributed by atoms with van der Waals surface area (Å²) in [6.45, 7) is 0. The Kier molecular flexibility index (Phi) is 4.35. The highest BCUT2D eigenvalue weighted by Gasteiger charge is 2.36. The fourth-order valence-corrected chi connectivity index (χ4v) is 2.97. The van der Waals surface area contributed by atoms with Gasteiger partial charge in [-0.2, -0.15) is 18.4 Å². The normalized spacial score (nSPS) is 12.1. The van der Waals surface area contributed by atoms with Gasteiger partial charge in [0.2, 0.25) is 0 Å². The van der Waals surface area contributed by atoms with Gasteiger partial charge >= 0.3 is 6.18 Å². The van der Waals surface area contributed by atoms with Crippen LogP contribution < -0.4 is 0 Å². The molecule has 0 aliphatic heterocycles. The number of alkyl halides is 3. The molecule has 3 nitrogen and oxygen atoms in total. The van der Waals surface area contributed by atoms with Crippen molar-refractivity contribution in [2.45, 2.75) is 23.9 Å². The lowest BCUT2D eigenvalue weighted by atomic mass is 10.2. The molecule has 7 heteroatoms. The van der Waals surface area contributed by atoms with E-state index < -0.39 is 32.2 Å². The fourth-order valence-electron chi connectivity index (χ4n) is 1.42. The zero-order valence-electron chi connectivity index (χ0n) is 9.24. The Morgan fingerprint density at radius 1 is 1.22 bits per heavy atom. The minimum atomic E-state index is -4.71. The van der Waals surface area contributed by atoms with Crippen LogP contribution in [-0.2, 0) is 16.0 Å². The third-order valence-corrected chi connectivity index (χ3v) is 4.08. The van der Waals surface area contributed by atoms with E-state index >= 15 is 0 Å². The van der Waals surface area contributed by atoms with Crippen molar-refractivity contribution in [1.82, 2.24) is 0 Å². The molecule has 0 N–H and O–H groups in total. The van der Waals surface area contributed by atoms with Gasteiger partial charge in [0.15, 0.2) is 9.84 Å². The second kappa shape index (κ2) is 5.40. The van der Waals surface area contributed by atoms with Gasteiger partial charge in [-0.3, -0.25) is 0 Å². The molecule has 18 heavy (non-hydrogen) atoms. The first-order chi connectivity index (χ1) is 8.29. The number of nitriles is 1. The van der Waals surface area contributed by atoms with Gasteiger partial charge in [0.25, 0.3) is 0 Å². The van der Waals surface area contributed by atoms with Crippen molar-refractivity contribution >= 4 is 9.84 Å². The van der Waals surface area contributed by atoms with Crippen LogP contribution in [0.3, 0.4) is 0 Å². The summed E-state index contributed by atoms with van der Waals surface area (Å²) >= 11 is 0. The molecular weight excluding hydrogens is 267 g/mol. The molecule has 0 saturated heterocycles. The third-order valence-electron chi connectivity index (χ3n) is 2.23. The van der Waals surface area contributed by atoms with Gasteiger partial charge in [-0.15, -0.1) is 0 Å². The Morgan fingerprint density at radius 3 is 2.39 bits per heavy atom. The number of halogens is 3. The Balaban J connectivity index is 3.14. The predicted octanol–water partition coefficient (Wildman–Crippen LogP) is 2.78. The van der Waals surface area contributed by atoms with E-state index in [-0.39, 0.29) is 12.8 Å². The van der Waals surface area contributed by atoms with Crippen LogP contribution in [0.2, 0.25) is 0 Å². The molecular formula is C11H10F3NO2S. The van der Waals surface area contributed by atoms with Crippen molar-refractivity contribution in [3.05, 3.63) is 29.8 Å². The summed E-state index contributed by atoms with van der Waals surface area (Å²) < 4.78 is 61.5. The molecule has 0 aromatic heterocycles. The molecule has 0 aliphatic carbocycles. The molecule has 1 aromatic carbocycles. The van der Waals surface area contributed by atoms with Crippen LogP contribution in [0.5, 0.6) is 0 Å². The van der Waals surface area contributed by atoms with E-state index in [9.17, 15) is 21.6 Å². The Morgan fingerprint density at radius 2 is 1.83 bits per heavy atom. The maximum Gasteiger partial charge on any atom is 0.417 e. The molecule has 0 aliphatic rings. The standard InChI is InChI=1S/C11H10F3NO2S/c12-11(13,14)9-5-1-2-6-10(9)18(16,17)8-4-3-7-15/h1-2,5-6H,3-4,8H2. The summed E-state index contributed by atoms with van der Waals surface area (Å²) in [6.07, 6.45) is -4.70. The predicted molar refractivity (Wildman–Crippen MR) is 58.3 cm³/mol. The van der Waals surface area contributed by atoms with Crippen molar-refractivity contribution in [1.29, 1.82) is 5.26 Å². The van der Waals surface area contributed by atoms with Crippen LogP contribution in [0.4, 0.5) is 13.2 Å². The fraction of sp³-hybridized carbons (Fsp3) is 0.364. The van der Waals surface area contributed by atoms with Gasteiger partial charge in [-0.25, -0.2) is 8.42 Å². The van der Waals surface area contributed by atoms with Crippen LogP contribution >= 0.6 is 0 Å². The minimum absolute atomic E-state index is 0.00653. The highest BCUT2D eigenvalue weighted by Crippen LogP contribution is 2.34. The SMILES string of the molecule is N#CCCCS(=O)(=O)c1ccccc1C(F)(F)F. The molecule has 98 valence electrons. The van der Waals surface area contributed by atoms with Crippen molar-refractivity contribution in [2.24, 2.45) is 0 Å². The van der Waals surface area contributed by atoms with Crippen LogP contribution in [0.25, 0.3) is 0 Å². The molecule has 0 amide bonds. The first kappa shape index (κ1) is 14.5. The molecule has 0 unspecified atom stereocenters. The number of rotatable bonds is 4. The van der Waals surface area contributed by atoms with Gasteiger partial charge in [0, 0.05) is 6.42 Å². The summed E-state index contributed by atoms with van der Waals surface area (Å²) in [7, 11) is -4.02. The first-order valence-corrected chi connectivity index (χ1v) is 6.70. The van der Waals surface area contributed by atoms with Crippen molar-refractivity contribution in [3.63, 3.8) is 0 Å². The van der Waals surface area contributed by atoms with Crippen LogP contribution in [0, 0.1) is 11.3 Å². The maximum absolute atomic E-state index is 12.7. The molecule has 0 saturated carbocycles. The molecule has 1 rings (SSSR count). The van der Waals surface area contributed by atoms with E-state index in [1.807, 2.05) is 0 Å². The quantitative estimate of drug-likeness (QED) is 0.795. The lowest BCUT2D eigenvalue weighted by Gasteiger charge is -2.12. The van der Waals surface area contributed by atoms with E-state index in [0.29, 0.717) is 0 Å². The van der Waals surface area contributed by atoms with Crippen molar-refractivity contribution in [2.75, 3.05) is 5.75 Å². The largest absolute Gasteiger partial charge is 0.417 e. The summed E-state index contributed by atoms with van der Waals surface area (Å²) in [5, 5.41) is 8.29. The third kappa shape index (κ3) is 3.47.